The van der Waals surface area contributed by atoms with Crippen LogP contribution in [-0.2, 0) is 21.1 Å². The average Bonchev–Trinajstić information content (AvgIpc) is 3.02. The molecule has 3 aromatic rings. The minimum absolute atomic E-state index is 0.123. The Hall–Kier alpha value is -2.94. The first-order chi connectivity index (χ1) is 12.4. The summed E-state index contributed by atoms with van der Waals surface area (Å²) in [4.78, 5) is 18.5. The quantitative estimate of drug-likeness (QED) is 0.701. The van der Waals surface area contributed by atoms with Crippen molar-refractivity contribution in [3.8, 4) is 0 Å². The van der Waals surface area contributed by atoms with E-state index in [1.54, 1.807) is 0 Å². The molecule has 1 heterocycles. The summed E-state index contributed by atoms with van der Waals surface area (Å²) in [6.07, 6.45) is 2.03. The lowest BCUT2D eigenvalue weighted by atomic mass is 10.1. The maximum atomic E-state index is 12.0. The summed E-state index contributed by atoms with van der Waals surface area (Å²) in [5.41, 5.74) is 2.68. The highest BCUT2D eigenvalue weighted by Gasteiger charge is 2.13. The number of anilines is 1. The molecule has 2 aromatic carbocycles. The van der Waals surface area contributed by atoms with E-state index in [0.717, 1.165) is 17.5 Å². The van der Waals surface area contributed by atoms with Crippen LogP contribution in [-0.4, -0.2) is 42.3 Å². The molecular formula is C17H18N4O4S. The van der Waals surface area contributed by atoms with Crippen LogP contribution in [0.3, 0.4) is 0 Å². The summed E-state index contributed by atoms with van der Waals surface area (Å²) in [5.74, 6) is -0.364. The number of rotatable bonds is 6. The molecule has 1 N–H and O–H groups in total. The van der Waals surface area contributed by atoms with Crippen molar-refractivity contribution in [1.29, 1.82) is 0 Å². The molecule has 0 atom stereocenters. The minimum Gasteiger partial charge on any atom is -0.385 e. The van der Waals surface area contributed by atoms with Crippen molar-refractivity contribution in [1.82, 2.24) is 15.2 Å². The molecule has 0 unspecified atom stereocenters. The van der Waals surface area contributed by atoms with Gasteiger partial charge < -0.3 is 10.2 Å². The Balaban J connectivity index is 1.69. The fourth-order valence-electron chi connectivity index (χ4n) is 2.34. The number of sulfone groups is 1. The maximum Gasteiger partial charge on any atom is 0.265 e. The molecule has 136 valence electrons. The summed E-state index contributed by atoms with van der Waals surface area (Å²) in [7, 11) is -3.37. The van der Waals surface area contributed by atoms with Gasteiger partial charge in [-0.3, -0.25) is 4.79 Å². The second-order valence-electron chi connectivity index (χ2n) is 5.76. The van der Waals surface area contributed by atoms with E-state index in [9.17, 15) is 13.2 Å². The van der Waals surface area contributed by atoms with Crippen LogP contribution in [0.5, 0.6) is 0 Å². The lowest BCUT2D eigenvalue weighted by Crippen LogP contribution is -2.26. The largest absolute Gasteiger partial charge is 0.385 e. The van der Waals surface area contributed by atoms with Crippen LogP contribution in [0.2, 0.25) is 0 Å². The van der Waals surface area contributed by atoms with Crippen LogP contribution < -0.4 is 10.2 Å². The Morgan fingerprint density at radius 3 is 2.58 bits per heavy atom. The number of aromatic nitrogens is 3. The lowest BCUT2D eigenvalue weighted by molar-refractivity contribution is -0.121. The Kier molecular flexibility index (Phi) is 4.90. The number of benzene rings is 2. The minimum atomic E-state index is -3.37. The molecule has 1 aromatic heterocycles. The molecular weight excluding hydrogens is 356 g/mol. The van der Waals surface area contributed by atoms with E-state index in [0.29, 0.717) is 16.7 Å². The van der Waals surface area contributed by atoms with Gasteiger partial charge in [-0.15, -0.1) is 5.10 Å². The average molecular weight is 374 g/mol. The van der Waals surface area contributed by atoms with Crippen LogP contribution in [0.25, 0.3) is 11.0 Å². The van der Waals surface area contributed by atoms with Gasteiger partial charge >= 0.3 is 0 Å². The summed E-state index contributed by atoms with van der Waals surface area (Å²) >= 11 is 0. The van der Waals surface area contributed by atoms with Crippen molar-refractivity contribution < 1.29 is 18.0 Å². The van der Waals surface area contributed by atoms with E-state index < -0.39 is 9.84 Å². The third kappa shape index (κ3) is 3.99. The van der Waals surface area contributed by atoms with Crippen LogP contribution >= 0.6 is 0 Å². The predicted octanol–water partition coefficient (Wildman–Crippen LogP) is 1.46. The van der Waals surface area contributed by atoms with Crippen molar-refractivity contribution in [2.24, 2.45) is 0 Å². The molecule has 9 heteroatoms. The van der Waals surface area contributed by atoms with Crippen LogP contribution in [0.1, 0.15) is 12.5 Å². The van der Waals surface area contributed by atoms with Gasteiger partial charge in [-0.2, -0.15) is 0 Å². The van der Waals surface area contributed by atoms with Gasteiger partial charge in [0, 0.05) is 11.9 Å². The monoisotopic (exact) mass is 374 g/mol. The number of hydrogen-bond acceptors (Lipinski definition) is 6. The summed E-state index contributed by atoms with van der Waals surface area (Å²) < 4.78 is 23.3. The molecule has 0 aliphatic heterocycles. The standard InChI is InChI=1S/C17H18N4O4S/c1-3-12-4-6-13(7-5-12)18-17(22)11-25-21-16-10-14(26(2,23)24)8-9-15(16)19-20-21/h4-10H,3,11H2,1-2H3,(H,18,22). The van der Waals surface area contributed by atoms with Gasteiger partial charge in [0.15, 0.2) is 16.4 Å². The van der Waals surface area contributed by atoms with Gasteiger partial charge in [-0.1, -0.05) is 23.9 Å². The van der Waals surface area contributed by atoms with Crippen molar-refractivity contribution >= 4 is 32.5 Å². The Morgan fingerprint density at radius 2 is 1.92 bits per heavy atom. The van der Waals surface area contributed by atoms with Crippen molar-refractivity contribution in [3.63, 3.8) is 0 Å². The van der Waals surface area contributed by atoms with Gasteiger partial charge in [0.25, 0.3) is 5.91 Å². The molecule has 0 radical (unpaired) electrons. The highest BCUT2D eigenvalue weighted by Crippen LogP contribution is 2.16. The third-order valence-electron chi connectivity index (χ3n) is 3.78. The molecule has 0 saturated heterocycles. The lowest BCUT2D eigenvalue weighted by Gasteiger charge is -2.08. The van der Waals surface area contributed by atoms with E-state index in [2.05, 4.69) is 22.6 Å². The Labute approximate surface area is 150 Å². The van der Waals surface area contributed by atoms with Gasteiger partial charge in [-0.25, -0.2) is 8.42 Å². The molecule has 1 amide bonds. The molecule has 3 rings (SSSR count). The number of carbonyl (C=O) groups excluding carboxylic acids is 1. The molecule has 0 saturated carbocycles. The number of aryl methyl sites for hydroxylation is 1. The van der Waals surface area contributed by atoms with Gasteiger partial charge in [0.2, 0.25) is 0 Å². The first kappa shape index (κ1) is 17.9. The zero-order chi connectivity index (χ0) is 18.7. The Bertz CT molecular complexity index is 1040. The van der Waals surface area contributed by atoms with Gasteiger partial charge in [0.05, 0.1) is 4.90 Å². The van der Waals surface area contributed by atoms with Crippen molar-refractivity contribution in [2.45, 2.75) is 18.2 Å². The molecule has 0 aliphatic carbocycles. The summed E-state index contributed by atoms with van der Waals surface area (Å²) in [6.45, 7) is 1.76. The number of nitrogens with zero attached hydrogens (tertiary/aromatic N) is 3. The van der Waals surface area contributed by atoms with Crippen molar-refractivity contribution in [2.75, 3.05) is 18.2 Å². The fraction of sp³-hybridized carbons (Fsp3) is 0.235. The van der Waals surface area contributed by atoms with E-state index in [1.165, 1.54) is 23.8 Å². The molecule has 26 heavy (non-hydrogen) atoms. The third-order valence-corrected chi connectivity index (χ3v) is 4.89. The number of hydrogen-bond donors (Lipinski definition) is 1. The number of carbonyl (C=O) groups is 1. The SMILES string of the molecule is CCc1ccc(NC(=O)COn2nnc3ccc(S(C)(=O)=O)cc32)cc1. The Morgan fingerprint density at radius 1 is 1.19 bits per heavy atom. The van der Waals surface area contributed by atoms with E-state index >= 15 is 0 Å². The maximum absolute atomic E-state index is 12.0. The highest BCUT2D eigenvalue weighted by atomic mass is 32.2. The number of amides is 1. The van der Waals surface area contributed by atoms with Crippen molar-refractivity contribution in [3.05, 3.63) is 48.0 Å². The summed E-state index contributed by atoms with van der Waals surface area (Å²) in [5, 5.41) is 10.4. The first-order valence-electron chi connectivity index (χ1n) is 7.94. The normalized spacial score (nSPS) is 11.5. The zero-order valence-electron chi connectivity index (χ0n) is 14.3. The fourth-order valence-corrected chi connectivity index (χ4v) is 2.99. The van der Waals surface area contributed by atoms with E-state index in [-0.39, 0.29) is 17.4 Å². The molecule has 0 spiro atoms. The van der Waals surface area contributed by atoms with E-state index in [1.807, 2.05) is 24.3 Å². The molecule has 8 nitrogen and oxygen atoms in total. The van der Waals surface area contributed by atoms with Gasteiger partial charge in [-0.05, 0) is 47.5 Å². The van der Waals surface area contributed by atoms with Gasteiger partial charge in [0.1, 0.15) is 11.0 Å². The molecule has 0 bridgehead atoms. The van der Waals surface area contributed by atoms with Crippen LogP contribution in [0.15, 0.2) is 47.4 Å². The number of fused-ring (bicyclic) bond motifs is 1. The molecule has 0 aliphatic rings. The summed E-state index contributed by atoms with van der Waals surface area (Å²) in [6, 6.07) is 11.9. The smallest absolute Gasteiger partial charge is 0.265 e. The predicted molar refractivity (Wildman–Crippen MR) is 96.5 cm³/mol. The number of nitrogens with one attached hydrogen (secondary N) is 1. The topological polar surface area (TPSA) is 103 Å². The highest BCUT2D eigenvalue weighted by molar-refractivity contribution is 7.90. The zero-order valence-corrected chi connectivity index (χ0v) is 15.2. The second kappa shape index (κ2) is 7.12. The first-order valence-corrected chi connectivity index (χ1v) is 9.83. The molecule has 0 fully saturated rings. The second-order valence-corrected chi connectivity index (χ2v) is 7.77. The van der Waals surface area contributed by atoms with Crippen LogP contribution in [0, 0.1) is 0 Å². The van der Waals surface area contributed by atoms with Crippen LogP contribution in [0.4, 0.5) is 5.69 Å². The van der Waals surface area contributed by atoms with E-state index in [4.69, 9.17) is 4.84 Å².